The summed E-state index contributed by atoms with van der Waals surface area (Å²) in [6.07, 6.45) is 2.00. The van der Waals surface area contributed by atoms with Crippen LogP contribution in [0.1, 0.15) is 27.0 Å². The summed E-state index contributed by atoms with van der Waals surface area (Å²) in [7, 11) is 0. The van der Waals surface area contributed by atoms with Gasteiger partial charge >= 0.3 is 0 Å². The average molecular weight is 373 g/mol. The molecule has 0 amide bonds. The summed E-state index contributed by atoms with van der Waals surface area (Å²) in [6.45, 7) is 5.13. The molecule has 0 saturated heterocycles. The molecule has 3 aromatic carbocycles. The van der Waals surface area contributed by atoms with Crippen molar-refractivity contribution in [2.45, 2.75) is 26.9 Å². The van der Waals surface area contributed by atoms with Crippen molar-refractivity contribution >= 4 is 16.8 Å². The van der Waals surface area contributed by atoms with Gasteiger partial charge in [-0.1, -0.05) is 30.3 Å². The third-order valence-corrected chi connectivity index (χ3v) is 5.16. The number of carbonyl (C=O) groups excluding carboxylic acids is 1. The van der Waals surface area contributed by atoms with Gasteiger partial charge in [-0.15, -0.1) is 0 Å². The molecular weight excluding hydrogens is 351 g/mol. The summed E-state index contributed by atoms with van der Waals surface area (Å²) in [6, 6.07) is 20.3. The van der Waals surface area contributed by atoms with Gasteiger partial charge in [-0.2, -0.15) is 0 Å². The zero-order valence-electron chi connectivity index (χ0n) is 16.0. The minimum absolute atomic E-state index is 0.0398. The first-order valence-electron chi connectivity index (χ1n) is 9.33. The van der Waals surface area contributed by atoms with Gasteiger partial charge in [-0.25, -0.2) is 13.5 Å². The van der Waals surface area contributed by atoms with E-state index in [1.165, 1.54) is 41.0 Å². The van der Waals surface area contributed by atoms with E-state index in [-0.39, 0.29) is 18.1 Å². The summed E-state index contributed by atoms with van der Waals surface area (Å²) in [5.74, 6) is -0.378. The molecule has 28 heavy (non-hydrogen) atoms. The number of Topliss-reactive ketones (excluding diaryl/α,β-unsaturated/α-hetero) is 1. The third kappa shape index (κ3) is 3.58. The summed E-state index contributed by atoms with van der Waals surface area (Å²) in [5.41, 5.74) is 6.24. The van der Waals surface area contributed by atoms with Crippen LogP contribution < -0.4 is 4.57 Å². The smallest absolute Gasteiger partial charge is 0.245 e. The van der Waals surface area contributed by atoms with Crippen molar-refractivity contribution in [1.29, 1.82) is 0 Å². The fourth-order valence-corrected chi connectivity index (χ4v) is 3.45. The Morgan fingerprint density at radius 2 is 1.64 bits per heavy atom. The highest BCUT2D eigenvalue weighted by molar-refractivity contribution is 5.96. The Morgan fingerprint density at radius 3 is 2.36 bits per heavy atom. The molecule has 4 aromatic rings. The van der Waals surface area contributed by atoms with Gasteiger partial charge in [0, 0.05) is 5.56 Å². The van der Waals surface area contributed by atoms with Crippen LogP contribution in [0.15, 0.2) is 73.1 Å². The summed E-state index contributed by atoms with van der Waals surface area (Å²) in [4.78, 5) is 12.7. The minimum Gasteiger partial charge on any atom is -0.290 e. The first-order valence-corrected chi connectivity index (χ1v) is 9.33. The van der Waals surface area contributed by atoms with Crippen molar-refractivity contribution in [3.63, 3.8) is 0 Å². The molecular formula is C24H22FN2O+. The van der Waals surface area contributed by atoms with Crippen LogP contribution in [0, 0.1) is 19.7 Å². The second kappa shape index (κ2) is 7.39. The molecule has 0 spiro atoms. The molecule has 0 bridgehead atoms. The van der Waals surface area contributed by atoms with Gasteiger partial charge in [0.2, 0.25) is 12.1 Å². The molecule has 0 unspecified atom stereocenters. The van der Waals surface area contributed by atoms with E-state index < -0.39 is 0 Å². The average Bonchev–Trinajstić information content (AvgIpc) is 2.99. The van der Waals surface area contributed by atoms with Crippen LogP contribution in [0.5, 0.6) is 0 Å². The number of imidazole rings is 1. The number of carbonyl (C=O) groups is 1. The molecule has 0 atom stereocenters. The number of rotatable bonds is 5. The minimum atomic E-state index is -0.338. The molecule has 3 nitrogen and oxygen atoms in total. The van der Waals surface area contributed by atoms with Gasteiger partial charge in [-0.3, -0.25) is 4.79 Å². The van der Waals surface area contributed by atoms with E-state index in [1.807, 2.05) is 29.1 Å². The molecule has 1 aromatic heterocycles. The maximum absolute atomic E-state index is 13.2. The van der Waals surface area contributed by atoms with Crippen LogP contribution in [0.3, 0.4) is 0 Å². The highest BCUT2D eigenvalue weighted by Gasteiger charge is 2.20. The van der Waals surface area contributed by atoms with Crippen molar-refractivity contribution in [2.24, 2.45) is 0 Å². The Bertz CT molecular complexity index is 1140. The molecule has 4 rings (SSSR count). The lowest BCUT2D eigenvalue weighted by atomic mass is 10.1. The van der Waals surface area contributed by atoms with Crippen LogP contribution >= 0.6 is 0 Å². The summed E-state index contributed by atoms with van der Waals surface area (Å²) >= 11 is 0. The van der Waals surface area contributed by atoms with Gasteiger partial charge in [0.25, 0.3) is 0 Å². The van der Waals surface area contributed by atoms with Gasteiger partial charge in [-0.05, 0) is 66.9 Å². The molecule has 0 N–H and O–H groups in total. The summed E-state index contributed by atoms with van der Waals surface area (Å²) in [5, 5.41) is 0. The quantitative estimate of drug-likeness (QED) is 0.370. The number of nitrogens with zero attached hydrogens (tertiary/aromatic N) is 2. The van der Waals surface area contributed by atoms with Crippen LogP contribution in [0.2, 0.25) is 0 Å². The van der Waals surface area contributed by atoms with E-state index in [4.69, 9.17) is 0 Å². The first-order chi connectivity index (χ1) is 13.5. The molecule has 0 aliphatic rings. The standard InChI is InChI=1S/C24H22FN2O/c1-17-12-22-23(13-18(17)2)27(15-24(28)20-8-10-21(25)11-9-20)16-26(22)14-19-6-4-3-5-7-19/h3-13,16H,14-15H2,1-2H3/q+1. The molecule has 0 aliphatic carbocycles. The number of aromatic nitrogens is 2. The van der Waals surface area contributed by atoms with E-state index in [0.717, 1.165) is 17.6 Å². The number of fused-ring (bicyclic) bond motifs is 1. The van der Waals surface area contributed by atoms with Gasteiger partial charge in [0.05, 0.1) is 0 Å². The van der Waals surface area contributed by atoms with Crippen LogP contribution in [0.4, 0.5) is 4.39 Å². The summed E-state index contributed by atoms with van der Waals surface area (Å²) < 4.78 is 17.3. The SMILES string of the molecule is Cc1cc2c(cc1C)[n+](Cc1ccccc1)cn2CC(=O)c1ccc(F)cc1. The normalized spacial score (nSPS) is 11.1. The lowest BCUT2D eigenvalue weighted by molar-refractivity contribution is -0.663. The lowest BCUT2D eigenvalue weighted by Crippen LogP contribution is -2.33. The topological polar surface area (TPSA) is 25.9 Å². The van der Waals surface area contributed by atoms with Gasteiger partial charge in [0.1, 0.15) is 12.4 Å². The molecule has 0 fully saturated rings. The number of hydrogen-bond acceptors (Lipinski definition) is 1. The predicted molar refractivity (Wildman–Crippen MR) is 108 cm³/mol. The zero-order chi connectivity index (χ0) is 19.7. The van der Waals surface area contributed by atoms with E-state index >= 15 is 0 Å². The second-order valence-electron chi connectivity index (χ2n) is 7.21. The largest absolute Gasteiger partial charge is 0.290 e. The zero-order valence-corrected chi connectivity index (χ0v) is 16.0. The fourth-order valence-electron chi connectivity index (χ4n) is 3.45. The number of benzene rings is 3. The Balaban J connectivity index is 1.74. The van der Waals surface area contributed by atoms with Crippen molar-refractivity contribution < 1.29 is 13.8 Å². The van der Waals surface area contributed by atoms with E-state index in [0.29, 0.717) is 5.56 Å². The molecule has 140 valence electrons. The van der Waals surface area contributed by atoms with Crippen molar-refractivity contribution in [3.05, 3.63) is 101 Å². The predicted octanol–water partition coefficient (Wildman–Crippen LogP) is 4.62. The van der Waals surface area contributed by atoms with Crippen molar-refractivity contribution in [2.75, 3.05) is 0 Å². The van der Waals surface area contributed by atoms with Crippen molar-refractivity contribution in [3.8, 4) is 0 Å². The Morgan fingerprint density at radius 1 is 0.964 bits per heavy atom. The number of aryl methyl sites for hydroxylation is 2. The molecule has 1 heterocycles. The van der Waals surface area contributed by atoms with E-state index in [9.17, 15) is 9.18 Å². The number of ketones is 1. The van der Waals surface area contributed by atoms with E-state index in [1.54, 1.807) is 0 Å². The molecule has 4 heteroatoms. The maximum atomic E-state index is 13.2. The van der Waals surface area contributed by atoms with Gasteiger partial charge < -0.3 is 0 Å². The highest BCUT2D eigenvalue weighted by Crippen LogP contribution is 2.19. The van der Waals surface area contributed by atoms with E-state index in [2.05, 4.69) is 42.7 Å². The maximum Gasteiger partial charge on any atom is 0.245 e. The second-order valence-corrected chi connectivity index (χ2v) is 7.21. The molecule has 0 aliphatic heterocycles. The molecule has 0 saturated carbocycles. The highest BCUT2D eigenvalue weighted by atomic mass is 19.1. The Labute approximate surface area is 163 Å². The fraction of sp³-hybridized carbons (Fsp3) is 0.167. The van der Waals surface area contributed by atoms with Crippen LogP contribution in [-0.2, 0) is 13.1 Å². The Hall–Kier alpha value is -3.27. The monoisotopic (exact) mass is 373 g/mol. The third-order valence-electron chi connectivity index (χ3n) is 5.16. The number of halogens is 1. The lowest BCUT2D eigenvalue weighted by Gasteiger charge is -2.02. The van der Waals surface area contributed by atoms with Gasteiger partial charge in [0.15, 0.2) is 17.6 Å². The first kappa shape index (κ1) is 18.1. The molecule has 0 radical (unpaired) electrons. The van der Waals surface area contributed by atoms with Crippen molar-refractivity contribution in [1.82, 2.24) is 4.57 Å². The number of hydrogen-bond donors (Lipinski definition) is 0. The Kier molecular flexibility index (Phi) is 4.78. The van der Waals surface area contributed by atoms with Crippen LogP contribution in [0.25, 0.3) is 11.0 Å². The van der Waals surface area contributed by atoms with Crippen LogP contribution in [-0.4, -0.2) is 10.4 Å².